The lowest BCUT2D eigenvalue weighted by atomic mass is 9.82. The molecule has 1 aliphatic rings. The molecule has 0 bridgehead atoms. The summed E-state index contributed by atoms with van der Waals surface area (Å²) in [5.41, 5.74) is 14.7. The molecule has 11 rings (SSSR count). The van der Waals surface area contributed by atoms with Gasteiger partial charge in [0.2, 0.25) is 0 Å². The van der Waals surface area contributed by atoms with E-state index in [4.69, 9.17) is 14.4 Å². The second-order valence-corrected chi connectivity index (χ2v) is 14.5. The lowest BCUT2D eigenvalue weighted by molar-refractivity contribution is 0.660. The number of furan rings is 1. The molecule has 0 N–H and O–H groups in total. The van der Waals surface area contributed by atoms with Gasteiger partial charge in [0.25, 0.3) is 0 Å². The van der Waals surface area contributed by atoms with Gasteiger partial charge in [-0.1, -0.05) is 135 Å². The molecule has 0 aliphatic heterocycles. The van der Waals surface area contributed by atoms with E-state index in [9.17, 15) is 0 Å². The Labute approximate surface area is 300 Å². The summed E-state index contributed by atoms with van der Waals surface area (Å²) in [5, 5.41) is 6.82. The van der Waals surface area contributed by atoms with Gasteiger partial charge >= 0.3 is 0 Å². The van der Waals surface area contributed by atoms with E-state index in [2.05, 4.69) is 159 Å². The summed E-state index contributed by atoms with van der Waals surface area (Å²) in [6.45, 7) is 4.64. The first kappa shape index (κ1) is 29.2. The molecule has 0 unspecified atom stereocenters. The Morgan fingerprint density at radius 2 is 1.12 bits per heavy atom. The van der Waals surface area contributed by atoms with E-state index >= 15 is 0 Å². The van der Waals surface area contributed by atoms with Crippen molar-refractivity contribution in [3.8, 4) is 44.8 Å². The number of hydrogen-bond acceptors (Lipinski definition) is 3. The van der Waals surface area contributed by atoms with Gasteiger partial charge in [-0.3, -0.25) is 0 Å². The standard InChI is InChI=1S/C49H32N2O/c1-49(2)40-18-8-7-15-34(40)38-27-32(24-25-41(38)49)46-47(51-43-20-10-9-19-42(43)50-46)36-17-11-21-44-45(36)39-28-37(33-14-5-6-16-35(33)48(39)52-44)31-23-22-29-12-3-4-13-30(29)26-31/h3-28H,1-2H3. The quantitative estimate of drug-likeness (QED) is 0.189. The third-order valence-corrected chi connectivity index (χ3v) is 11.2. The van der Waals surface area contributed by atoms with Crippen LogP contribution in [-0.2, 0) is 5.41 Å². The number of hydrogen-bond donors (Lipinski definition) is 0. The number of nitrogens with zero attached hydrogens (tertiary/aromatic N) is 2. The van der Waals surface area contributed by atoms with Gasteiger partial charge in [0.1, 0.15) is 11.2 Å². The first-order valence-electron chi connectivity index (χ1n) is 17.9. The van der Waals surface area contributed by atoms with Crippen LogP contribution in [0, 0.1) is 0 Å². The average molecular weight is 665 g/mol. The summed E-state index contributed by atoms with van der Waals surface area (Å²) in [6, 6.07) is 56.3. The van der Waals surface area contributed by atoms with Gasteiger partial charge in [-0.05, 0) is 85.9 Å². The molecule has 0 spiro atoms. The molecule has 0 fully saturated rings. The number of benzene rings is 8. The maximum atomic E-state index is 6.80. The fourth-order valence-electron chi connectivity index (χ4n) is 8.70. The molecule has 3 nitrogen and oxygen atoms in total. The van der Waals surface area contributed by atoms with Crippen molar-refractivity contribution in [3.63, 3.8) is 0 Å². The highest BCUT2D eigenvalue weighted by molar-refractivity contribution is 6.22. The van der Waals surface area contributed by atoms with Gasteiger partial charge in [0.15, 0.2) is 0 Å². The van der Waals surface area contributed by atoms with E-state index in [0.29, 0.717) is 0 Å². The molecular formula is C49H32N2O. The largest absolute Gasteiger partial charge is 0.455 e. The highest BCUT2D eigenvalue weighted by atomic mass is 16.3. The molecule has 0 amide bonds. The first-order valence-corrected chi connectivity index (χ1v) is 17.9. The van der Waals surface area contributed by atoms with Crippen LogP contribution in [0.15, 0.2) is 162 Å². The van der Waals surface area contributed by atoms with Crippen LogP contribution in [0.1, 0.15) is 25.0 Å². The van der Waals surface area contributed by atoms with Crippen molar-refractivity contribution < 1.29 is 4.42 Å². The summed E-state index contributed by atoms with van der Waals surface area (Å²) < 4.78 is 6.80. The zero-order chi connectivity index (χ0) is 34.6. The van der Waals surface area contributed by atoms with Crippen LogP contribution in [-0.4, -0.2) is 9.97 Å². The lowest BCUT2D eigenvalue weighted by Crippen LogP contribution is -2.14. The van der Waals surface area contributed by atoms with Crippen LogP contribution >= 0.6 is 0 Å². The Morgan fingerprint density at radius 3 is 1.98 bits per heavy atom. The average Bonchev–Trinajstić information content (AvgIpc) is 3.69. The van der Waals surface area contributed by atoms with Crippen molar-refractivity contribution in [1.29, 1.82) is 0 Å². The first-order chi connectivity index (χ1) is 25.5. The Kier molecular flexibility index (Phi) is 6.01. The number of aromatic nitrogens is 2. The van der Waals surface area contributed by atoms with E-state index in [1.54, 1.807) is 0 Å². The Bertz CT molecular complexity index is 3110. The van der Waals surface area contributed by atoms with Crippen LogP contribution in [0.4, 0.5) is 0 Å². The predicted molar refractivity (Wildman–Crippen MR) is 216 cm³/mol. The van der Waals surface area contributed by atoms with Crippen LogP contribution in [0.2, 0.25) is 0 Å². The third-order valence-electron chi connectivity index (χ3n) is 11.2. The van der Waals surface area contributed by atoms with Crippen molar-refractivity contribution >= 4 is 54.5 Å². The summed E-state index contributed by atoms with van der Waals surface area (Å²) >= 11 is 0. The van der Waals surface area contributed by atoms with E-state index in [-0.39, 0.29) is 5.41 Å². The Balaban J connectivity index is 1.20. The Morgan fingerprint density at radius 1 is 0.442 bits per heavy atom. The number of para-hydroxylation sites is 2. The van der Waals surface area contributed by atoms with E-state index in [0.717, 1.165) is 60.9 Å². The maximum absolute atomic E-state index is 6.80. The zero-order valence-electron chi connectivity index (χ0n) is 28.8. The molecule has 1 aliphatic carbocycles. The van der Waals surface area contributed by atoms with Crippen LogP contribution in [0.25, 0.3) is 99.3 Å². The normalized spacial score (nSPS) is 13.3. The molecule has 0 saturated carbocycles. The molecule has 10 aromatic rings. The van der Waals surface area contributed by atoms with Gasteiger partial charge in [-0.2, -0.15) is 0 Å². The molecule has 2 aromatic heterocycles. The molecule has 8 aromatic carbocycles. The second-order valence-electron chi connectivity index (χ2n) is 14.5. The van der Waals surface area contributed by atoms with Crippen LogP contribution < -0.4 is 0 Å². The van der Waals surface area contributed by atoms with Crippen molar-refractivity contribution in [2.75, 3.05) is 0 Å². The van der Waals surface area contributed by atoms with Gasteiger partial charge in [0.05, 0.1) is 22.4 Å². The highest BCUT2D eigenvalue weighted by Gasteiger charge is 2.35. The molecule has 0 saturated heterocycles. The third kappa shape index (κ3) is 4.14. The van der Waals surface area contributed by atoms with Crippen molar-refractivity contribution in [2.24, 2.45) is 0 Å². The molecule has 0 radical (unpaired) electrons. The highest BCUT2D eigenvalue weighted by Crippen LogP contribution is 2.50. The fourth-order valence-corrected chi connectivity index (χ4v) is 8.70. The van der Waals surface area contributed by atoms with Crippen LogP contribution in [0.5, 0.6) is 0 Å². The van der Waals surface area contributed by atoms with Gasteiger partial charge in [0, 0.05) is 32.7 Å². The molecule has 244 valence electrons. The SMILES string of the molecule is CC1(C)c2ccccc2-c2cc(-c3nc4ccccc4nc3-c3cccc4oc5c6ccccc6c(-c6ccc7ccccc7c6)cc5c34)ccc21. The number of rotatable bonds is 3. The Hall–Kier alpha value is -6.58. The molecule has 3 heteroatoms. The maximum Gasteiger partial charge on any atom is 0.143 e. The summed E-state index contributed by atoms with van der Waals surface area (Å²) in [7, 11) is 0. The molecule has 0 atom stereocenters. The fraction of sp³-hybridized carbons (Fsp3) is 0.0612. The molecular weight excluding hydrogens is 633 g/mol. The van der Waals surface area contributed by atoms with Crippen molar-refractivity contribution in [1.82, 2.24) is 9.97 Å². The smallest absolute Gasteiger partial charge is 0.143 e. The van der Waals surface area contributed by atoms with Gasteiger partial charge in [-0.25, -0.2) is 9.97 Å². The van der Waals surface area contributed by atoms with Crippen molar-refractivity contribution in [3.05, 3.63) is 169 Å². The van der Waals surface area contributed by atoms with Gasteiger partial charge < -0.3 is 4.42 Å². The van der Waals surface area contributed by atoms with Gasteiger partial charge in [-0.15, -0.1) is 0 Å². The minimum atomic E-state index is -0.0742. The van der Waals surface area contributed by atoms with E-state index in [1.165, 1.54) is 49.5 Å². The second kappa shape index (κ2) is 10.7. The summed E-state index contributed by atoms with van der Waals surface area (Å²) in [5.74, 6) is 0. The molecule has 2 heterocycles. The minimum absolute atomic E-state index is 0.0742. The lowest BCUT2D eigenvalue weighted by Gasteiger charge is -2.21. The van der Waals surface area contributed by atoms with Crippen molar-refractivity contribution in [2.45, 2.75) is 19.3 Å². The summed E-state index contributed by atoms with van der Waals surface area (Å²) in [4.78, 5) is 10.8. The molecule has 52 heavy (non-hydrogen) atoms. The minimum Gasteiger partial charge on any atom is -0.455 e. The zero-order valence-corrected chi connectivity index (χ0v) is 28.8. The summed E-state index contributed by atoms with van der Waals surface area (Å²) in [6.07, 6.45) is 0. The monoisotopic (exact) mass is 664 g/mol. The topological polar surface area (TPSA) is 38.9 Å². The number of fused-ring (bicyclic) bond motifs is 10. The van der Waals surface area contributed by atoms with Crippen LogP contribution in [0.3, 0.4) is 0 Å². The van der Waals surface area contributed by atoms with E-state index in [1.807, 2.05) is 12.1 Å². The van der Waals surface area contributed by atoms with E-state index < -0.39 is 0 Å². The predicted octanol–water partition coefficient (Wildman–Crippen LogP) is 13.1.